The van der Waals surface area contributed by atoms with Gasteiger partial charge in [-0.25, -0.2) is 5.11 Å². The zero-order valence-corrected chi connectivity index (χ0v) is 8.93. The molecule has 0 unspecified atom stereocenters. The van der Waals surface area contributed by atoms with Gasteiger partial charge in [-0.15, -0.1) is 6.58 Å². The average Bonchev–Trinajstić information content (AvgIpc) is 2.35. The van der Waals surface area contributed by atoms with E-state index in [0.29, 0.717) is 0 Å². The Morgan fingerprint density at radius 3 is 2.31 bits per heavy atom. The van der Waals surface area contributed by atoms with E-state index in [4.69, 9.17) is 0 Å². The third-order valence-electron chi connectivity index (χ3n) is 2.16. The van der Waals surface area contributed by atoms with Gasteiger partial charge in [0.1, 0.15) is 0 Å². The van der Waals surface area contributed by atoms with E-state index >= 15 is 0 Å². The molecule has 1 aromatic rings. The summed E-state index contributed by atoms with van der Waals surface area (Å²) < 4.78 is 0. The van der Waals surface area contributed by atoms with Gasteiger partial charge in [0, 0.05) is 0 Å². The fraction of sp³-hybridized carbons (Fsp3) is 0.154. The minimum atomic E-state index is -1.44. The number of hydrogen-bond donors (Lipinski definition) is 1. The molecule has 0 aliphatic rings. The maximum Gasteiger partial charge on any atom is 0.257 e. The molecule has 1 aromatic carbocycles. The van der Waals surface area contributed by atoms with Crippen molar-refractivity contribution in [2.75, 3.05) is 0 Å². The lowest BCUT2D eigenvalue weighted by Gasteiger charge is -2.15. The molecule has 0 saturated heterocycles. The summed E-state index contributed by atoms with van der Waals surface area (Å²) in [5.41, 5.74) is 0.891. The number of hydrogen-bond acceptors (Lipinski definition) is 1. The molecule has 0 aliphatic heterocycles. The van der Waals surface area contributed by atoms with Crippen molar-refractivity contribution in [3.63, 3.8) is 0 Å². The standard InChI is InChI=1S/C13H14NO2/c1-3-11(10-8-6-5-7-9-10)14-13(16)12(15)4-2/h3-9,11-12H,1-2H2,(H,14,16)/t11-,12-/m0/s1. The van der Waals surface area contributed by atoms with Gasteiger partial charge in [-0.3, -0.25) is 4.79 Å². The number of benzene rings is 1. The molecule has 3 heteroatoms. The summed E-state index contributed by atoms with van der Waals surface area (Å²) in [5.74, 6) is -0.594. The monoisotopic (exact) mass is 216 g/mol. The zero-order chi connectivity index (χ0) is 12.0. The topological polar surface area (TPSA) is 49.0 Å². The lowest BCUT2D eigenvalue weighted by molar-refractivity contribution is -0.130. The molecule has 0 fully saturated rings. The molecule has 0 bridgehead atoms. The van der Waals surface area contributed by atoms with Gasteiger partial charge in [0.05, 0.1) is 6.04 Å². The summed E-state index contributed by atoms with van der Waals surface area (Å²) in [6.07, 6.45) is 1.22. The van der Waals surface area contributed by atoms with Crippen LogP contribution in [-0.4, -0.2) is 12.0 Å². The van der Waals surface area contributed by atoms with Crippen LogP contribution in [0.25, 0.3) is 0 Å². The molecule has 0 aliphatic carbocycles. The van der Waals surface area contributed by atoms with E-state index in [1.165, 1.54) is 0 Å². The van der Waals surface area contributed by atoms with Crippen LogP contribution in [0, 0.1) is 0 Å². The van der Waals surface area contributed by atoms with Gasteiger partial charge in [-0.05, 0) is 5.56 Å². The molecule has 0 heterocycles. The predicted molar refractivity (Wildman–Crippen MR) is 62.2 cm³/mol. The van der Waals surface area contributed by atoms with Crippen LogP contribution < -0.4 is 5.32 Å². The van der Waals surface area contributed by atoms with Gasteiger partial charge in [0.25, 0.3) is 5.91 Å². The second-order valence-electron chi connectivity index (χ2n) is 3.29. The molecular formula is C13H14NO2. The fourth-order valence-corrected chi connectivity index (χ4v) is 1.28. The fourth-order valence-electron chi connectivity index (χ4n) is 1.28. The Morgan fingerprint density at radius 2 is 1.81 bits per heavy atom. The molecule has 0 spiro atoms. The van der Waals surface area contributed by atoms with Gasteiger partial charge >= 0.3 is 0 Å². The molecular weight excluding hydrogens is 202 g/mol. The van der Waals surface area contributed by atoms with E-state index in [2.05, 4.69) is 18.5 Å². The minimum absolute atomic E-state index is 0.343. The SMILES string of the molecule is C=C[C@H](NC(=O)[C@@H]([O])C=C)c1ccccc1. The molecule has 2 atom stereocenters. The van der Waals surface area contributed by atoms with Crippen LogP contribution in [0.1, 0.15) is 11.6 Å². The maximum atomic E-state index is 11.4. The average molecular weight is 216 g/mol. The van der Waals surface area contributed by atoms with Gasteiger partial charge < -0.3 is 5.32 Å². The highest BCUT2D eigenvalue weighted by Gasteiger charge is 2.16. The van der Waals surface area contributed by atoms with Crippen LogP contribution >= 0.6 is 0 Å². The van der Waals surface area contributed by atoms with Gasteiger partial charge in [-0.2, -0.15) is 0 Å². The number of rotatable bonds is 5. The van der Waals surface area contributed by atoms with Gasteiger partial charge in [0.15, 0.2) is 6.10 Å². The highest BCUT2D eigenvalue weighted by atomic mass is 16.3. The van der Waals surface area contributed by atoms with E-state index in [1.807, 2.05) is 30.3 Å². The van der Waals surface area contributed by atoms with Crippen molar-refractivity contribution in [3.05, 3.63) is 61.2 Å². The molecule has 0 saturated carbocycles. The maximum absolute atomic E-state index is 11.4. The van der Waals surface area contributed by atoms with E-state index in [0.717, 1.165) is 11.6 Å². The van der Waals surface area contributed by atoms with Crippen LogP contribution in [-0.2, 0) is 9.90 Å². The second kappa shape index (κ2) is 5.88. The number of carbonyl (C=O) groups is 1. The summed E-state index contributed by atoms with van der Waals surface area (Å²) in [4.78, 5) is 11.4. The molecule has 16 heavy (non-hydrogen) atoms. The highest BCUT2D eigenvalue weighted by molar-refractivity contribution is 5.82. The first-order valence-electron chi connectivity index (χ1n) is 4.95. The van der Waals surface area contributed by atoms with E-state index in [1.54, 1.807) is 6.08 Å². The second-order valence-corrected chi connectivity index (χ2v) is 3.29. The Bertz CT molecular complexity index is 373. The first-order valence-corrected chi connectivity index (χ1v) is 4.95. The molecule has 1 rings (SSSR count). The lowest BCUT2D eigenvalue weighted by atomic mass is 10.1. The molecule has 1 N–H and O–H groups in total. The smallest absolute Gasteiger partial charge is 0.257 e. The van der Waals surface area contributed by atoms with Crippen molar-refractivity contribution in [2.45, 2.75) is 12.1 Å². The Labute approximate surface area is 95.1 Å². The lowest BCUT2D eigenvalue weighted by Crippen LogP contribution is -2.34. The normalized spacial score (nSPS) is 13.6. The molecule has 83 valence electrons. The van der Waals surface area contributed by atoms with Gasteiger partial charge in [0.2, 0.25) is 0 Å². The van der Waals surface area contributed by atoms with E-state index in [9.17, 15) is 9.90 Å². The van der Waals surface area contributed by atoms with Crippen LogP contribution in [0.3, 0.4) is 0 Å². The van der Waals surface area contributed by atoms with Crippen molar-refractivity contribution >= 4 is 5.91 Å². The quantitative estimate of drug-likeness (QED) is 0.752. The molecule has 1 amide bonds. The third kappa shape index (κ3) is 3.07. The summed E-state index contributed by atoms with van der Waals surface area (Å²) in [5, 5.41) is 13.7. The number of nitrogens with one attached hydrogen (secondary N) is 1. The largest absolute Gasteiger partial charge is 0.343 e. The highest BCUT2D eigenvalue weighted by Crippen LogP contribution is 2.13. The minimum Gasteiger partial charge on any atom is -0.343 e. The predicted octanol–water partition coefficient (Wildman–Crippen LogP) is 2.01. The first kappa shape index (κ1) is 12.2. The van der Waals surface area contributed by atoms with Crippen LogP contribution in [0.15, 0.2) is 55.6 Å². The first-order chi connectivity index (χ1) is 7.69. The molecule has 0 aromatic heterocycles. The van der Waals surface area contributed by atoms with Crippen LogP contribution in [0.2, 0.25) is 0 Å². The van der Waals surface area contributed by atoms with Gasteiger partial charge in [-0.1, -0.05) is 49.1 Å². The van der Waals surface area contributed by atoms with E-state index in [-0.39, 0.29) is 6.04 Å². The van der Waals surface area contributed by atoms with Crippen molar-refractivity contribution in [1.82, 2.24) is 5.32 Å². The number of amides is 1. The van der Waals surface area contributed by atoms with E-state index < -0.39 is 12.0 Å². The van der Waals surface area contributed by atoms with Crippen LogP contribution in [0.4, 0.5) is 0 Å². The Kier molecular flexibility index (Phi) is 4.48. The Hall–Kier alpha value is -1.87. The summed E-state index contributed by atoms with van der Waals surface area (Å²) in [6.45, 7) is 6.92. The molecule has 3 nitrogen and oxygen atoms in total. The van der Waals surface area contributed by atoms with Crippen molar-refractivity contribution in [3.8, 4) is 0 Å². The summed E-state index contributed by atoms with van der Waals surface area (Å²) >= 11 is 0. The summed E-state index contributed by atoms with van der Waals surface area (Å²) in [6, 6.07) is 8.98. The number of carbonyl (C=O) groups excluding carboxylic acids is 1. The van der Waals surface area contributed by atoms with Crippen molar-refractivity contribution < 1.29 is 9.90 Å². The van der Waals surface area contributed by atoms with Crippen molar-refractivity contribution in [1.29, 1.82) is 0 Å². The Balaban J connectivity index is 2.74. The zero-order valence-electron chi connectivity index (χ0n) is 8.93. The van der Waals surface area contributed by atoms with Crippen molar-refractivity contribution in [2.24, 2.45) is 0 Å². The third-order valence-corrected chi connectivity index (χ3v) is 2.16. The van der Waals surface area contributed by atoms with Crippen LogP contribution in [0.5, 0.6) is 0 Å². The Morgan fingerprint density at radius 1 is 1.19 bits per heavy atom. The summed E-state index contributed by atoms with van der Waals surface area (Å²) in [7, 11) is 0. The molecule has 1 radical (unpaired) electrons.